The standard InChI is InChI=1S/C23H28N2O3/c26-22-14-5-2-8-16-25(22)17-9-15-24-23(27)21-13-7-6-10-19(21)18-28-20-11-3-1-4-12-20/h1,3-4,6-7,10-13H,2,5,8-9,14-18H2,(H,24,27). The van der Waals surface area contributed by atoms with E-state index in [0.717, 1.165) is 43.5 Å². The van der Waals surface area contributed by atoms with Crippen molar-refractivity contribution in [3.05, 3.63) is 65.7 Å². The minimum absolute atomic E-state index is 0.102. The molecule has 148 valence electrons. The van der Waals surface area contributed by atoms with E-state index in [1.165, 1.54) is 0 Å². The largest absolute Gasteiger partial charge is 0.489 e. The number of carbonyl (C=O) groups excluding carboxylic acids is 2. The SMILES string of the molecule is O=C(NCCCN1CCCCCC1=O)c1ccccc1COc1ccccc1. The van der Waals surface area contributed by atoms with Crippen LogP contribution >= 0.6 is 0 Å². The molecule has 0 aromatic heterocycles. The number of nitrogens with one attached hydrogen (secondary N) is 1. The fourth-order valence-corrected chi connectivity index (χ4v) is 3.39. The zero-order valence-electron chi connectivity index (χ0n) is 16.2. The predicted octanol–water partition coefficient (Wildman–Crippen LogP) is 3.79. The Balaban J connectivity index is 1.48. The van der Waals surface area contributed by atoms with Crippen LogP contribution in [0, 0.1) is 0 Å². The molecule has 2 aromatic carbocycles. The molecule has 2 aromatic rings. The van der Waals surface area contributed by atoms with Gasteiger partial charge in [-0.2, -0.15) is 0 Å². The van der Waals surface area contributed by atoms with E-state index in [0.29, 0.717) is 31.7 Å². The third-order valence-electron chi connectivity index (χ3n) is 4.96. The van der Waals surface area contributed by atoms with Crippen LogP contribution in [-0.2, 0) is 11.4 Å². The first-order chi connectivity index (χ1) is 13.7. The van der Waals surface area contributed by atoms with Crippen LogP contribution < -0.4 is 10.1 Å². The van der Waals surface area contributed by atoms with Gasteiger partial charge in [0.1, 0.15) is 12.4 Å². The van der Waals surface area contributed by atoms with Gasteiger partial charge in [0.05, 0.1) is 0 Å². The Kier molecular flexibility index (Phi) is 7.47. The summed E-state index contributed by atoms with van der Waals surface area (Å²) in [6.07, 6.45) is 4.61. The highest BCUT2D eigenvalue weighted by Gasteiger charge is 2.16. The van der Waals surface area contributed by atoms with Crippen LogP contribution in [0.4, 0.5) is 0 Å². The molecule has 0 spiro atoms. The molecule has 1 N–H and O–H groups in total. The summed E-state index contributed by atoms with van der Waals surface area (Å²) in [6, 6.07) is 17.1. The minimum Gasteiger partial charge on any atom is -0.489 e. The van der Waals surface area contributed by atoms with Crippen molar-refractivity contribution in [2.24, 2.45) is 0 Å². The van der Waals surface area contributed by atoms with Crippen molar-refractivity contribution < 1.29 is 14.3 Å². The molecule has 1 fully saturated rings. The number of ether oxygens (including phenoxy) is 1. The maximum atomic E-state index is 12.6. The topological polar surface area (TPSA) is 58.6 Å². The molecule has 28 heavy (non-hydrogen) atoms. The lowest BCUT2D eigenvalue weighted by molar-refractivity contribution is -0.130. The van der Waals surface area contributed by atoms with Gasteiger partial charge in [-0.3, -0.25) is 9.59 Å². The molecule has 1 aliphatic heterocycles. The van der Waals surface area contributed by atoms with Crippen molar-refractivity contribution in [1.82, 2.24) is 10.2 Å². The highest BCUT2D eigenvalue weighted by molar-refractivity contribution is 5.95. The third-order valence-corrected chi connectivity index (χ3v) is 4.96. The van der Waals surface area contributed by atoms with Gasteiger partial charge in [0.15, 0.2) is 0 Å². The monoisotopic (exact) mass is 380 g/mol. The molecule has 1 heterocycles. The van der Waals surface area contributed by atoms with E-state index in [4.69, 9.17) is 4.74 Å². The van der Waals surface area contributed by atoms with E-state index in [2.05, 4.69) is 5.32 Å². The van der Waals surface area contributed by atoms with Crippen molar-refractivity contribution in [2.45, 2.75) is 38.7 Å². The molecule has 1 aliphatic rings. The number of benzene rings is 2. The van der Waals surface area contributed by atoms with Crippen LogP contribution in [0.15, 0.2) is 54.6 Å². The Labute approximate surface area is 166 Å². The summed E-state index contributed by atoms with van der Waals surface area (Å²) in [4.78, 5) is 26.6. The summed E-state index contributed by atoms with van der Waals surface area (Å²) in [6.45, 7) is 2.44. The molecule has 1 saturated heterocycles. The number of amides is 2. The maximum Gasteiger partial charge on any atom is 0.251 e. The summed E-state index contributed by atoms with van der Waals surface area (Å²) < 4.78 is 5.79. The number of likely N-dealkylation sites (tertiary alicyclic amines) is 1. The molecule has 0 bridgehead atoms. The van der Waals surface area contributed by atoms with Gasteiger partial charge < -0.3 is 15.0 Å². The van der Waals surface area contributed by atoms with Crippen molar-refractivity contribution in [1.29, 1.82) is 0 Å². The number of carbonyl (C=O) groups is 2. The second-order valence-electron chi connectivity index (χ2n) is 7.06. The van der Waals surface area contributed by atoms with Gasteiger partial charge >= 0.3 is 0 Å². The maximum absolute atomic E-state index is 12.6. The molecule has 2 amide bonds. The average Bonchev–Trinajstić information content (AvgIpc) is 2.94. The summed E-state index contributed by atoms with van der Waals surface area (Å²) >= 11 is 0. The predicted molar refractivity (Wildman–Crippen MR) is 109 cm³/mol. The lowest BCUT2D eigenvalue weighted by Gasteiger charge is -2.20. The first kappa shape index (κ1) is 19.9. The van der Waals surface area contributed by atoms with E-state index >= 15 is 0 Å². The first-order valence-corrected chi connectivity index (χ1v) is 10.1. The normalized spacial score (nSPS) is 14.4. The number of rotatable bonds is 8. The molecular formula is C23H28N2O3. The van der Waals surface area contributed by atoms with E-state index in [1.807, 2.05) is 59.5 Å². The highest BCUT2D eigenvalue weighted by Crippen LogP contribution is 2.15. The van der Waals surface area contributed by atoms with Gasteiger partial charge in [-0.05, 0) is 37.5 Å². The van der Waals surface area contributed by atoms with E-state index in [-0.39, 0.29) is 11.8 Å². The molecule has 3 rings (SSSR count). The zero-order valence-corrected chi connectivity index (χ0v) is 16.2. The third kappa shape index (κ3) is 5.84. The van der Waals surface area contributed by atoms with Crippen LogP contribution in [0.2, 0.25) is 0 Å². The first-order valence-electron chi connectivity index (χ1n) is 10.1. The molecule has 0 aliphatic carbocycles. The minimum atomic E-state index is -0.102. The van der Waals surface area contributed by atoms with Gasteiger partial charge in [-0.25, -0.2) is 0 Å². The molecular weight excluding hydrogens is 352 g/mol. The van der Waals surface area contributed by atoms with E-state index < -0.39 is 0 Å². The second-order valence-corrected chi connectivity index (χ2v) is 7.06. The molecule has 0 atom stereocenters. The lowest BCUT2D eigenvalue weighted by Crippen LogP contribution is -2.34. The quantitative estimate of drug-likeness (QED) is 0.709. The lowest BCUT2D eigenvalue weighted by atomic mass is 10.1. The second kappa shape index (κ2) is 10.5. The van der Waals surface area contributed by atoms with Crippen molar-refractivity contribution in [2.75, 3.05) is 19.6 Å². The highest BCUT2D eigenvalue weighted by atomic mass is 16.5. The average molecular weight is 380 g/mol. The van der Waals surface area contributed by atoms with Crippen LogP contribution in [0.1, 0.15) is 48.0 Å². The van der Waals surface area contributed by atoms with Crippen LogP contribution in [-0.4, -0.2) is 36.3 Å². The van der Waals surface area contributed by atoms with Crippen LogP contribution in [0.3, 0.4) is 0 Å². The van der Waals surface area contributed by atoms with Crippen LogP contribution in [0.25, 0.3) is 0 Å². The van der Waals surface area contributed by atoms with Gasteiger partial charge in [-0.1, -0.05) is 42.8 Å². The summed E-state index contributed by atoms with van der Waals surface area (Å²) in [7, 11) is 0. The summed E-state index contributed by atoms with van der Waals surface area (Å²) in [5, 5.41) is 2.98. The summed E-state index contributed by atoms with van der Waals surface area (Å²) in [5.74, 6) is 0.918. The number of hydrogen-bond donors (Lipinski definition) is 1. The number of hydrogen-bond acceptors (Lipinski definition) is 3. The molecule has 0 radical (unpaired) electrons. The van der Waals surface area contributed by atoms with Gasteiger partial charge in [-0.15, -0.1) is 0 Å². The van der Waals surface area contributed by atoms with Gasteiger partial charge in [0.2, 0.25) is 5.91 Å². The summed E-state index contributed by atoms with van der Waals surface area (Å²) in [5.41, 5.74) is 1.48. The zero-order chi connectivity index (χ0) is 19.6. The Bertz CT molecular complexity index is 776. The smallest absolute Gasteiger partial charge is 0.251 e. The Morgan fingerprint density at radius 2 is 1.79 bits per heavy atom. The fraction of sp³-hybridized carbons (Fsp3) is 0.391. The Morgan fingerprint density at radius 1 is 1.00 bits per heavy atom. The van der Waals surface area contributed by atoms with Crippen molar-refractivity contribution in [3.8, 4) is 5.75 Å². The van der Waals surface area contributed by atoms with E-state index in [9.17, 15) is 9.59 Å². The Morgan fingerprint density at radius 3 is 2.64 bits per heavy atom. The fourth-order valence-electron chi connectivity index (χ4n) is 3.39. The number of para-hydroxylation sites is 1. The van der Waals surface area contributed by atoms with Gasteiger partial charge in [0, 0.05) is 37.2 Å². The Hall–Kier alpha value is -2.82. The molecule has 5 nitrogen and oxygen atoms in total. The number of nitrogens with zero attached hydrogens (tertiary/aromatic N) is 1. The van der Waals surface area contributed by atoms with E-state index in [1.54, 1.807) is 0 Å². The van der Waals surface area contributed by atoms with Crippen molar-refractivity contribution >= 4 is 11.8 Å². The molecule has 5 heteroatoms. The van der Waals surface area contributed by atoms with Gasteiger partial charge in [0.25, 0.3) is 5.91 Å². The van der Waals surface area contributed by atoms with Crippen LogP contribution in [0.5, 0.6) is 5.75 Å². The van der Waals surface area contributed by atoms with Crippen molar-refractivity contribution in [3.63, 3.8) is 0 Å². The molecule has 0 unspecified atom stereocenters. The molecule has 0 saturated carbocycles.